The summed E-state index contributed by atoms with van der Waals surface area (Å²) in [5, 5.41) is 5.62. The topological polar surface area (TPSA) is 41.1 Å². The molecule has 2 aromatic carbocycles. The summed E-state index contributed by atoms with van der Waals surface area (Å²) in [7, 11) is 0. The van der Waals surface area contributed by atoms with E-state index in [1.54, 1.807) is 0 Å². The van der Waals surface area contributed by atoms with E-state index in [2.05, 4.69) is 34.9 Å². The van der Waals surface area contributed by atoms with Crippen molar-refractivity contribution in [2.45, 2.75) is 40.2 Å². The first-order valence-electron chi connectivity index (χ1n) is 7.67. The molecule has 22 heavy (non-hydrogen) atoms. The van der Waals surface area contributed by atoms with Gasteiger partial charge in [-0.05, 0) is 62.4 Å². The zero-order valence-corrected chi connectivity index (χ0v) is 13.7. The van der Waals surface area contributed by atoms with Crippen LogP contribution >= 0.6 is 0 Å². The molecule has 0 atom stereocenters. The maximum Gasteiger partial charge on any atom is 0.319 e. The molecule has 2 amide bonds. The van der Waals surface area contributed by atoms with Crippen LogP contribution in [-0.4, -0.2) is 12.1 Å². The Morgan fingerprint density at radius 3 is 2.23 bits per heavy atom. The smallest absolute Gasteiger partial charge is 0.319 e. The van der Waals surface area contributed by atoms with Crippen molar-refractivity contribution in [3.63, 3.8) is 0 Å². The van der Waals surface area contributed by atoms with Gasteiger partial charge in [-0.2, -0.15) is 0 Å². The van der Waals surface area contributed by atoms with Crippen molar-refractivity contribution in [2.75, 3.05) is 5.32 Å². The Kier molecular flexibility index (Phi) is 5.21. The van der Waals surface area contributed by atoms with Gasteiger partial charge in [-0.1, -0.05) is 36.4 Å². The Bertz CT molecular complexity index is 641. The van der Waals surface area contributed by atoms with Gasteiger partial charge in [0, 0.05) is 11.7 Å². The average molecular weight is 296 g/mol. The fourth-order valence-corrected chi connectivity index (χ4v) is 2.13. The molecule has 116 valence electrons. The summed E-state index contributed by atoms with van der Waals surface area (Å²) in [5.41, 5.74) is 6.14. The van der Waals surface area contributed by atoms with E-state index in [0.29, 0.717) is 0 Å². The van der Waals surface area contributed by atoms with Crippen molar-refractivity contribution < 1.29 is 4.79 Å². The SMILES string of the molecule is Cc1ccc(C)c(NC(=O)NC(C)C)c1.c1ccc2c(c1)C2. The quantitative estimate of drug-likeness (QED) is 0.722. The van der Waals surface area contributed by atoms with E-state index in [-0.39, 0.29) is 12.1 Å². The van der Waals surface area contributed by atoms with Crippen LogP contribution in [-0.2, 0) is 6.42 Å². The van der Waals surface area contributed by atoms with Crippen LogP contribution in [0.25, 0.3) is 0 Å². The van der Waals surface area contributed by atoms with Crippen molar-refractivity contribution in [2.24, 2.45) is 0 Å². The zero-order chi connectivity index (χ0) is 16.1. The lowest BCUT2D eigenvalue weighted by Crippen LogP contribution is -2.34. The summed E-state index contributed by atoms with van der Waals surface area (Å²) >= 11 is 0. The molecule has 0 spiro atoms. The lowest BCUT2D eigenvalue weighted by molar-refractivity contribution is 0.250. The van der Waals surface area contributed by atoms with Crippen LogP contribution in [0.15, 0.2) is 42.5 Å². The lowest BCUT2D eigenvalue weighted by Gasteiger charge is -2.12. The first-order valence-corrected chi connectivity index (χ1v) is 7.67. The molecule has 3 rings (SSSR count). The molecular formula is C19H24N2O. The minimum atomic E-state index is -0.154. The molecule has 3 heteroatoms. The Labute approximate surface area is 132 Å². The van der Waals surface area contributed by atoms with E-state index in [1.165, 1.54) is 17.5 Å². The standard InChI is InChI=1S/C12H18N2O.C7H6/c1-8(2)13-12(15)14-11-7-9(3)5-6-10(11)4;1-2-4-7-5-6(7)3-1/h5-8H,1-4H3,(H2,13,14,15);1-4H,5H2. The van der Waals surface area contributed by atoms with E-state index in [1.807, 2.05) is 45.9 Å². The monoisotopic (exact) mass is 296 g/mol. The fraction of sp³-hybridized carbons (Fsp3) is 0.316. The molecule has 0 heterocycles. The van der Waals surface area contributed by atoms with Gasteiger partial charge in [0.15, 0.2) is 0 Å². The summed E-state index contributed by atoms with van der Waals surface area (Å²) in [6.45, 7) is 7.85. The molecule has 0 fully saturated rings. The molecule has 1 aliphatic carbocycles. The van der Waals surface area contributed by atoms with Crippen molar-refractivity contribution in [1.29, 1.82) is 0 Å². The average Bonchev–Trinajstić information content (AvgIpc) is 3.22. The third kappa shape index (κ3) is 4.92. The number of anilines is 1. The third-order valence-electron chi connectivity index (χ3n) is 3.44. The van der Waals surface area contributed by atoms with E-state index in [0.717, 1.165) is 16.8 Å². The van der Waals surface area contributed by atoms with E-state index in [4.69, 9.17) is 0 Å². The molecule has 0 saturated carbocycles. The van der Waals surface area contributed by atoms with Crippen LogP contribution in [0.5, 0.6) is 0 Å². The van der Waals surface area contributed by atoms with Crippen LogP contribution in [0, 0.1) is 13.8 Å². The Morgan fingerprint density at radius 2 is 1.68 bits per heavy atom. The number of rotatable bonds is 2. The summed E-state index contributed by atoms with van der Waals surface area (Å²) in [4.78, 5) is 11.5. The number of carbonyl (C=O) groups is 1. The third-order valence-corrected chi connectivity index (χ3v) is 3.44. The fourth-order valence-electron chi connectivity index (χ4n) is 2.13. The lowest BCUT2D eigenvalue weighted by atomic mass is 10.1. The predicted octanol–water partition coefficient (Wildman–Crippen LogP) is 4.42. The second kappa shape index (κ2) is 7.12. The minimum Gasteiger partial charge on any atom is -0.336 e. The molecule has 0 radical (unpaired) electrons. The second-order valence-corrected chi connectivity index (χ2v) is 6.02. The van der Waals surface area contributed by atoms with Gasteiger partial charge in [0.05, 0.1) is 0 Å². The number of hydrogen-bond donors (Lipinski definition) is 2. The molecule has 1 aliphatic rings. The van der Waals surface area contributed by atoms with Crippen molar-refractivity contribution in [3.8, 4) is 0 Å². The van der Waals surface area contributed by atoms with Gasteiger partial charge in [-0.3, -0.25) is 0 Å². The molecule has 0 bridgehead atoms. The number of urea groups is 1. The van der Waals surface area contributed by atoms with Crippen LogP contribution in [0.4, 0.5) is 10.5 Å². The Balaban J connectivity index is 0.000000205. The first kappa shape index (κ1) is 16.1. The molecule has 2 N–H and O–H groups in total. The number of nitrogens with one attached hydrogen (secondary N) is 2. The minimum absolute atomic E-state index is 0.148. The zero-order valence-electron chi connectivity index (χ0n) is 13.7. The van der Waals surface area contributed by atoms with Gasteiger partial charge >= 0.3 is 6.03 Å². The number of fused-ring (bicyclic) bond motifs is 1. The maximum absolute atomic E-state index is 11.5. The normalized spacial score (nSPS) is 11.1. The van der Waals surface area contributed by atoms with Gasteiger partial charge < -0.3 is 10.6 Å². The highest BCUT2D eigenvalue weighted by molar-refractivity contribution is 5.90. The van der Waals surface area contributed by atoms with Gasteiger partial charge in [0.25, 0.3) is 0 Å². The molecule has 0 aromatic heterocycles. The maximum atomic E-state index is 11.5. The van der Waals surface area contributed by atoms with Crippen molar-refractivity contribution in [3.05, 3.63) is 64.7 Å². The number of amides is 2. The highest BCUT2D eigenvalue weighted by Gasteiger charge is 2.12. The van der Waals surface area contributed by atoms with Crippen molar-refractivity contribution >= 4 is 11.7 Å². The van der Waals surface area contributed by atoms with Gasteiger partial charge in [0.1, 0.15) is 0 Å². The molecule has 0 aliphatic heterocycles. The van der Waals surface area contributed by atoms with Crippen LogP contribution in [0.3, 0.4) is 0 Å². The highest BCUT2D eigenvalue weighted by Crippen LogP contribution is 2.25. The summed E-state index contributed by atoms with van der Waals surface area (Å²) in [6.07, 6.45) is 1.24. The number of benzene rings is 2. The summed E-state index contributed by atoms with van der Waals surface area (Å²) in [5.74, 6) is 0. The van der Waals surface area contributed by atoms with Gasteiger partial charge in [-0.25, -0.2) is 4.79 Å². The van der Waals surface area contributed by atoms with Gasteiger partial charge in [-0.15, -0.1) is 0 Å². The second-order valence-electron chi connectivity index (χ2n) is 6.02. The Morgan fingerprint density at radius 1 is 1.05 bits per heavy atom. The van der Waals surface area contributed by atoms with E-state index in [9.17, 15) is 4.79 Å². The molecule has 3 nitrogen and oxygen atoms in total. The van der Waals surface area contributed by atoms with Crippen LogP contribution < -0.4 is 10.6 Å². The largest absolute Gasteiger partial charge is 0.336 e. The van der Waals surface area contributed by atoms with Gasteiger partial charge in [0.2, 0.25) is 0 Å². The van der Waals surface area contributed by atoms with Crippen molar-refractivity contribution in [1.82, 2.24) is 5.32 Å². The number of carbonyl (C=O) groups excluding carboxylic acids is 1. The van der Waals surface area contributed by atoms with E-state index >= 15 is 0 Å². The Hall–Kier alpha value is -2.29. The molecular weight excluding hydrogens is 272 g/mol. The summed E-state index contributed by atoms with van der Waals surface area (Å²) in [6, 6.07) is 14.5. The van der Waals surface area contributed by atoms with E-state index < -0.39 is 0 Å². The number of hydrogen-bond acceptors (Lipinski definition) is 1. The van der Waals surface area contributed by atoms with Crippen LogP contribution in [0.1, 0.15) is 36.1 Å². The predicted molar refractivity (Wildman–Crippen MR) is 92.5 cm³/mol. The first-order chi connectivity index (χ1) is 10.5. The number of aryl methyl sites for hydroxylation is 2. The molecule has 0 unspecified atom stereocenters. The molecule has 0 saturated heterocycles. The summed E-state index contributed by atoms with van der Waals surface area (Å²) < 4.78 is 0. The molecule has 2 aromatic rings. The van der Waals surface area contributed by atoms with Crippen LogP contribution in [0.2, 0.25) is 0 Å². The highest BCUT2D eigenvalue weighted by atomic mass is 16.2.